The number of piperidine rings is 1. The molecule has 1 amide bonds. The molecule has 0 saturated carbocycles. The Kier molecular flexibility index (Phi) is 7.76. The molecule has 7 nitrogen and oxygen atoms in total. The van der Waals surface area contributed by atoms with E-state index in [1.807, 2.05) is 51.1 Å². The van der Waals surface area contributed by atoms with Crippen LogP contribution in [0.3, 0.4) is 0 Å². The van der Waals surface area contributed by atoms with Crippen molar-refractivity contribution in [2.75, 3.05) is 32.1 Å². The Morgan fingerprint density at radius 2 is 1.91 bits per heavy atom. The van der Waals surface area contributed by atoms with Gasteiger partial charge in [-0.05, 0) is 74.7 Å². The molecule has 7 heteroatoms. The van der Waals surface area contributed by atoms with Crippen molar-refractivity contribution < 1.29 is 19.1 Å². The fourth-order valence-corrected chi connectivity index (χ4v) is 4.70. The molecule has 1 aliphatic rings. The van der Waals surface area contributed by atoms with Crippen molar-refractivity contribution in [2.45, 2.75) is 46.1 Å². The van der Waals surface area contributed by atoms with Gasteiger partial charge in [-0.3, -0.25) is 9.69 Å². The van der Waals surface area contributed by atoms with Crippen molar-refractivity contribution in [2.24, 2.45) is 5.92 Å². The van der Waals surface area contributed by atoms with E-state index in [0.717, 1.165) is 53.8 Å². The summed E-state index contributed by atoms with van der Waals surface area (Å²) in [4.78, 5) is 30.4. The Hall–Kier alpha value is -3.32. The lowest BCUT2D eigenvalue weighted by Crippen LogP contribution is -2.33. The molecule has 186 valence electrons. The van der Waals surface area contributed by atoms with Crippen molar-refractivity contribution in [3.05, 3.63) is 59.3 Å². The van der Waals surface area contributed by atoms with Crippen LogP contribution < -0.4 is 10.1 Å². The Balaban J connectivity index is 1.48. The number of rotatable bonds is 8. The summed E-state index contributed by atoms with van der Waals surface area (Å²) in [5, 5.41) is 3.99. The number of fused-ring (bicyclic) bond motifs is 1. The third-order valence-corrected chi connectivity index (χ3v) is 6.71. The Morgan fingerprint density at radius 1 is 1.14 bits per heavy atom. The number of hydrogen-bond donors (Lipinski definition) is 2. The summed E-state index contributed by atoms with van der Waals surface area (Å²) in [5.41, 5.74) is 4.49. The van der Waals surface area contributed by atoms with Gasteiger partial charge in [0.2, 0.25) is 5.91 Å². The van der Waals surface area contributed by atoms with E-state index in [4.69, 9.17) is 9.47 Å². The van der Waals surface area contributed by atoms with Crippen LogP contribution in [0.5, 0.6) is 5.75 Å². The van der Waals surface area contributed by atoms with Gasteiger partial charge in [0.1, 0.15) is 11.4 Å². The number of nitrogens with zero attached hydrogens (tertiary/aromatic N) is 1. The summed E-state index contributed by atoms with van der Waals surface area (Å²) >= 11 is 0. The first-order valence-electron chi connectivity index (χ1n) is 12.4. The predicted octanol–water partition coefficient (Wildman–Crippen LogP) is 5.33. The van der Waals surface area contributed by atoms with Crippen LogP contribution in [0.1, 0.15) is 61.1 Å². The number of carbonyl (C=O) groups is 2. The molecule has 3 aromatic rings. The molecular formula is C28H35N3O4. The molecule has 1 aliphatic heterocycles. The fraction of sp³-hybridized carbons (Fsp3) is 0.429. The minimum absolute atomic E-state index is 0.0322. The van der Waals surface area contributed by atoms with Gasteiger partial charge in [0.25, 0.3) is 0 Å². The highest BCUT2D eigenvalue weighted by molar-refractivity contribution is 5.98. The molecule has 0 spiro atoms. The second-order valence-electron chi connectivity index (χ2n) is 9.43. The minimum Gasteiger partial charge on any atom is -0.497 e. The zero-order valence-corrected chi connectivity index (χ0v) is 21.0. The van der Waals surface area contributed by atoms with E-state index in [-0.39, 0.29) is 17.8 Å². The van der Waals surface area contributed by atoms with Crippen LogP contribution in [0.2, 0.25) is 0 Å². The monoisotopic (exact) mass is 477 g/mol. The van der Waals surface area contributed by atoms with Gasteiger partial charge in [0.15, 0.2) is 0 Å². The zero-order valence-electron chi connectivity index (χ0n) is 21.0. The largest absolute Gasteiger partial charge is 0.497 e. The summed E-state index contributed by atoms with van der Waals surface area (Å²) in [6.45, 7) is 8.45. The van der Waals surface area contributed by atoms with Crippen molar-refractivity contribution in [3.8, 4) is 5.75 Å². The molecule has 0 unspecified atom stereocenters. The lowest BCUT2D eigenvalue weighted by Gasteiger charge is -2.32. The Labute approximate surface area is 206 Å². The number of carbonyl (C=O) groups excluding carboxylic acids is 2. The molecule has 0 atom stereocenters. The third-order valence-electron chi connectivity index (χ3n) is 6.71. The van der Waals surface area contributed by atoms with Crippen LogP contribution in [0.25, 0.3) is 10.9 Å². The Bertz CT molecular complexity index is 1190. The first kappa shape index (κ1) is 24.8. The van der Waals surface area contributed by atoms with Crippen LogP contribution in [-0.2, 0) is 16.1 Å². The standard InChI is InChI=1S/C28H35N3O4/c1-5-35-28(33)26-24(23-16-22(34-4)9-10-25(23)30-26)17-31-13-11-19(12-14-31)20-7-6-8-21(15-20)29-27(32)18(2)3/h6-10,15-16,18-19,30H,5,11-14,17H2,1-4H3,(H,29,32). The maximum Gasteiger partial charge on any atom is 0.355 e. The summed E-state index contributed by atoms with van der Waals surface area (Å²) in [7, 11) is 1.65. The third kappa shape index (κ3) is 5.68. The topological polar surface area (TPSA) is 83.7 Å². The predicted molar refractivity (Wildman–Crippen MR) is 138 cm³/mol. The first-order chi connectivity index (χ1) is 16.9. The number of ether oxygens (including phenoxy) is 2. The number of benzene rings is 2. The number of anilines is 1. The average molecular weight is 478 g/mol. The molecule has 1 aromatic heterocycles. The SMILES string of the molecule is CCOC(=O)c1[nH]c2ccc(OC)cc2c1CN1CCC(c2cccc(NC(=O)C(C)C)c2)CC1. The van der Waals surface area contributed by atoms with Gasteiger partial charge in [0, 0.05) is 34.6 Å². The zero-order chi connectivity index (χ0) is 24.9. The molecule has 2 aromatic carbocycles. The first-order valence-corrected chi connectivity index (χ1v) is 12.4. The summed E-state index contributed by atoms with van der Waals surface area (Å²) in [6.07, 6.45) is 2.03. The van der Waals surface area contributed by atoms with E-state index in [9.17, 15) is 9.59 Å². The molecule has 35 heavy (non-hydrogen) atoms. The number of likely N-dealkylation sites (tertiary alicyclic amines) is 1. The molecule has 0 bridgehead atoms. The van der Waals surface area contributed by atoms with E-state index in [1.165, 1.54) is 5.56 Å². The van der Waals surface area contributed by atoms with E-state index >= 15 is 0 Å². The molecule has 4 rings (SSSR count). The van der Waals surface area contributed by atoms with Gasteiger partial charge in [0.05, 0.1) is 13.7 Å². The smallest absolute Gasteiger partial charge is 0.355 e. The summed E-state index contributed by atoms with van der Waals surface area (Å²) in [5.74, 6) is 0.856. The number of amides is 1. The van der Waals surface area contributed by atoms with Gasteiger partial charge in [-0.2, -0.15) is 0 Å². The van der Waals surface area contributed by atoms with Gasteiger partial charge in [-0.15, -0.1) is 0 Å². The van der Waals surface area contributed by atoms with Gasteiger partial charge < -0.3 is 19.8 Å². The quantitative estimate of drug-likeness (QED) is 0.429. The summed E-state index contributed by atoms with van der Waals surface area (Å²) in [6, 6.07) is 14.0. The average Bonchev–Trinajstić information content (AvgIpc) is 3.22. The number of H-pyrrole nitrogens is 1. The number of aromatic nitrogens is 1. The van der Waals surface area contributed by atoms with E-state index in [0.29, 0.717) is 24.8 Å². The minimum atomic E-state index is -0.326. The maximum atomic E-state index is 12.7. The number of aromatic amines is 1. The highest BCUT2D eigenvalue weighted by Crippen LogP contribution is 2.33. The van der Waals surface area contributed by atoms with E-state index < -0.39 is 0 Å². The molecule has 1 fully saturated rings. The van der Waals surface area contributed by atoms with Crippen molar-refractivity contribution in [1.82, 2.24) is 9.88 Å². The molecule has 1 saturated heterocycles. The Morgan fingerprint density at radius 3 is 2.60 bits per heavy atom. The van der Waals surface area contributed by atoms with Crippen molar-refractivity contribution >= 4 is 28.5 Å². The van der Waals surface area contributed by atoms with Crippen LogP contribution >= 0.6 is 0 Å². The van der Waals surface area contributed by atoms with Crippen LogP contribution in [0.15, 0.2) is 42.5 Å². The lowest BCUT2D eigenvalue weighted by atomic mass is 9.89. The number of methoxy groups -OCH3 is 1. The van der Waals surface area contributed by atoms with Gasteiger partial charge in [-0.1, -0.05) is 26.0 Å². The van der Waals surface area contributed by atoms with Crippen LogP contribution in [0.4, 0.5) is 5.69 Å². The second kappa shape index (κ2) is 11.0. The van der Waals surface area contributed by atoms with Crippen LogP contribution in [-0.4, -0.2) is 48.6 Å². The van der Waals surface area contributed by atoms with E-state index in [1.54, 1.807) is 7.11 Å². The van der Waals surface area contributed by atoms with E-state index in [2.05, 4.69) is 27.3 Å². The van der Waals surface area contributed by atoms with Crippen LogP contribution in [0, 0.1) is 5.92 Å². The lowest BCUT2D eigenvalue weighted by molar-refractivity contribution is -0.118. The normalized spacial score (nSPS) is 14.9. The molecule has 0 aliphatic carbocycles. The summed E-state index contributed by atoms with van der Waals surface area (Å²) < 4.78 is 10.7. The van der Waals surface area contributed by atoms with Gasteiger partial charge >= 0.3 is 5.97 Å². The molecule has 0 radical (unpaired) electrons. The number of hydrogen-bond acceptors (Lipinski definition) is 5. The molecular weight excluding hydrogens is 442 g/mol. The molecule has 2 N–H and O–H groups in total. The number of nitrogens with one attached hydrogen (secondary N) is 2. The fourth-order valence-electron chi connectivity index (χ4n) is 4.70. The molecule has 2 heterocycles. The highest BCUT2D eigenvalue weighted by Gasteiger charge is 2.25. The van der Waals surface area contributed by atoms with Crippen molar-refractivity contribution in [3.63, 3.8) is 0 Å². The van der Waals surface area contributed by atoms with Crippen molar-refractivity contribution in [1.29, 1.82) is 0 Å². The second-order valence-corrected chi connectivity index (χ2v) is 9.43. The highest BCUT2D eigenvalue weighted by atomic mass is 16.5. The maximum absolute atomic E-state index is 12.7. The van der Waals surface area contributed by atoms with Gasteiger partial charge in [-0.25, -0.2) is 4.79 Å². The number of esters is 1.